The first-order valence-corrected chi connectivity index (χ1v) is 10.4. The van der Waals surface area contributed by atoms with Crippen molar-refractivity contribution in [3.8, 4) is 11.8 Å². The van der Waals surface area contributed by atoms with Crippen LogP contribution in [0.25, 0.3) is 0 Å². The number of benzene rings is 2. The Kier molecular flexibility index (Phi) is 7.01. The summed E-state index contributed by atoms with van der Waals surface area (Å²) in [6.07, 6.45) is 1.62. The van der Waals surface area contributed by atoms with E-state index in [2.05, 4.69) is 32.4 Å². The van der Waals surface area contributed by atoms with Crippen molar-refractivity contribution in [3.63, 3.8) is 0 Å². The average molecular weight is 421 g/mol. The number of hydrogen-bond donors (Lipinski definition) is 4. The van der Waals surface area contributed by atoms with Crippen LogP contribution in [0.3, 0.4) is 0 Å². The van der Waals surface area contributed by atoms with E-state index in [4.69, 9.17) is 4.78 Å². The van der Waals surface area contributed by atoms with Crippen molar-refractivity contribution in [2.45, 2.75) is 24.8 Å². The van der Waals surface area contributed by atoms with Gasteiger partial charge in [-0.15, -0.1) is 0 Å². The summed E-state index contributed by atoms with van der Waals surface area (Å²) in [5, 5.41) is 15.6. The van der Waals surface area contributed by atoms with Gasteiger partial charge in [0.1, 0.15) is 5.82 Å². The number of anilines is 3. The van der Waals surface area contributed by atoms with Crippen LogP contribution in [0.5, 0.6) is 0 Å². The normalized spacial score (nSPS) is 11.5. The van der Waals surface area contributed by atoms with E-state index in [0.717, 1.165) is 11.1 Å². The maximum Gasteiger partial charge on any atom is 0.229 e. The molecule has 0 aliphatic rings. The van der Waals surface area contributed by atoms with Crippen molar-refractivity contribution in [1.82, 2.24) is 9.97 Å². The molecule has 3 aromatic rings. The van der Waals surface area contributed by atoms with E-state index in [9.17, 15) is 9.32 Å². The molecule has 0 bridgehead atoms. The van der Waals surface area contributed by atoms with Crippen LogP contribution in [0.2, 0.25) is 0 Å². The molecule has 0 saturated carbocycles. The Bertz CT molecular complexity index is 1160. The molecule has 1 aromatic heterocycles. The van der Waals surface area contributed by atoms with Gasteiger partial charge in [-0.2, -0.15) is 15.6 Å². The minimum atomic E-state index is -1.78. The van der Waals surface area contributed by atoms with E-state index < -0.39 is 10.6 Å². The Hall–Kier alpha value is -3.41. The zero-order valence-corrected chi connectivity index (χ0v) is 17.5. The van der Waals surface area contributed by atoms with Gasteiger partial charge >= 0.3 is 0 Å². The van der Waals surface area contributed by atoms with Crippen LogP contribution in [0.1, 0.15) is 23.6 Å². The lowest BCUT2D eigenvalue weighted by molar-refractivity contribution is 0.281. The second kappa shape index (κ2) is 9.87. The lowest BCUT2D eigenvalue weighted by Gasteiger charge is -2.14. The van der Waals surface area contributed by atoms with Crippen LogP contribution in [0, 0.1) is 23.5 Å². The predicted octanol–water partition coefficient (Wildman–Crippen LogP) is 3.81. The smallest absolute Gasteiger partial charge is 0.229 e. The van der Waals surface area contributed by atoms with Gasteiger partial charge in [-0.3, -0.25) is 0 Å². The molecular formula is C22H22N5O2S-. The molecule has 0 aliphatic heterocycles. The highest BCUT2D eigenvalue weighted by Crippen LogP contribution is 2.19. The maximum atomic E-state index is 11.2. The minimum absolute atomic E-state index is 0.0523. The van der Waals surface area contributed by atoms with Gasteiger partial charge in [0.2, 0.25) is 5.95 Å². The van der Waals surface area contributed by atoms with Gasteiger partial charge in [0.15, 0.2) is 0 Å². The summed E-state index contributed by atoms with van der Waals surface area (Å²) in [7, 11) is -1.78. The standard InChI is InChI=1S/C22H22N5O2S/c1-15-4-3-5-17(12-15)6-7-18-13-24-22(27-21(18)25-16(2)14-28)26-19-8-10-20(11-9-19)30(23)29/h3-5,8-13,16,23,28H,14H2,1-2H3,(H2,24,25,26,27)/q-1/t16-/m1/s1. The molecule has 0 unspecified atom stereocenters. The Morgan fingerprint density at radius 2 is 1.97 bits per heavy atom. The van der Waals surface area contributed by atoms with Crippen molar-refractivity contribution in [2.75, 3.05) is 17.2 Å². The van der Waals surface area contributed by atoms with E-state index >= 15 is 0 Å². The quantitative estimate of drug-likeness (QED) is 0.356. The Morgan fingerprint density at radius 3 is 2.63 bits per heavy atom. The van der Waals surface area contributed by atoms with Gasteiger partial charge in [0.25, 0.3) is 0 Å². The fourth-order valence-corrected chi connectivity index (χ4v) is 2.96. The predicted molar refractivity (Wildman–Crippen MR) is 118 cm³/mol. The highest BCUT2D eigenvalue weighted by atomic mass is 32.2. The molecule has 3 rings (SSSR count). The molecule has 0 saturated heterocycles. The SMILES string of the molecule is Cc1cccc(C#Cc2cnc(Nc3ccc([S-](=N)=O)cc3)nc2N[C@H](C)CO)c1. The number of aliphatic hydroxyl groups excluding tert-OH is 1. The Morgan fingerprint density at radius 1 is 1.20 bits per heavy atom. The summed E-state index contributed by atoms with van der Waals surface area (Å²) in [6, 6.07) is 14.3. The molecule has 0 radical (unpaired) electrons. The molecular weight excluding hydrogens is 398 g/mol. The third kappa shape index (κ3) is 5.80. The second-order valence-electron chi connectivity index (χ2n) is 6.72. The van der Waals surface area contributed by atoms with Gasteiger partial charge in [0, 0.05) is 17.3 Å². The second-order valence-corrected chi connectivity index (χ2v) is 7.73. The van der Waals surface area contributed by atoms with Crippen molar-refractivity contribution in [3.05, 3.63) is 71.4 Å². The zero-order chi connectivity index (χ0) is 21.5. The molecule has 8 heteroatoms. The number of nitrogens with one attached hydrogen (secondary N) is 3. The third-order valence-electron chi connectivity index (χ3n) is 4.13. The highest BCUT2D eigenvalue weighted by molar-refractivity contribution is 7.73. The third-order valence-corrected chi connectivity index (χ3v) is 4.83. The molecule has 0 fully saturated rings. The first-order chi connectivity index (χ1) is 14.4. The van der Waals surface area contributed by atoms with Crippen molar-refractivity contribution in [1.29, 1.82) is 4.78 Å². The summed E-state index contributed by atoms with van der Waals surface area (Å²) in [5.74, 6) is 7.08. The molecule has 0 amide bonds. The van der Waals surface area contributed by atoms with E-state index in [1.807, 2.05) is 38.1 Å². The van der Waals surface area contributed by atoms with Crippen LogP contribution in [-0.2, 0) is 14.8 Å². The number of aryl methyl sites for hydroxylation is 1. The van der Waals surface area contributed by atoms with E-state index in [0.29, 0.717) is 27.9 Å². The van der Waals surface area contributed by atoms with E-state index in [1.54, 1.807) is 30.5 Å². The van der Waals surface area contributed by atoms with Crippen LogP contribution in [0.15, 0.2) is 59.6 Å². The summed E-state index contributed by atoms with van der Waals surface area (Å²) < 4.78 is 18.4. The van der Waals surface area contributed by atoms with Gasteiger partial charge in [-0.05, 0) is 43.7 Å². The fraction of sp³-hybridized carbons (Fsp3) is 0.182. The number of hydrogen-bond acceptors (Lipinski definition) is 8. The van der Waals surface area contributed by atoms with Crippen molar-refractivity contribution >= 4 is 28.0 Å². The molecule has 154 valence electrons. The topological polar surface area (TPSA) is 111 Å². The van der Waals surface area contributed by atoms with Crippen LogP contribution in [-0.4, -0.2) is 27.7 Å². The molecule has 4 N–H and O–H groups in total. The Balaban J connectivity index is 1.89. The van der Waals surface area contributed by atoms with Gasteiger partial charge in [-0.25, -0.2) is 4.98 Å². The molecule has 2 aromatic carbocycles. The lowest BCUT2D eigenvalue weighted by atomic mass is 10.1. The molecule has 0 aliphatic carbocycles. The van der Waals surface area contributed by atoms with Gasteiger partial charge in [0.05, 0.1) is 18.4 Å². The summed E-state index contributed by atoms with van der Waals surface area (Å²) in [4.78, 5) is 9.25. The first-order valence-electron chi connectivity index (χ1n) is 9.28. The van der Waals surface area contributed by atoms with Crippen LogP contribution < -0.4 is 10.6 Å². The fourth-order valence-electron chi connectivity index (χ4n) is 2.58. The highest BCUT2D eigenvalue weighted by Gasteiger charge is 2.09. The number of aromatic nitrogens is 2. The molecule has 1 heterocycles. The van der Waals surface area contributed by atoms with Crippen LogP contribution >= 0.6 is 0 Å². The first kappa shape index (κ1) is 21.3. The average Bonchev–Trinajstić information content (AvgIpc) is 2.73. The minimum Gasteiger partial charge on any atom is -0.440 e. The molecule has 7 nitrogen and oxygen atoms in total. The maximum absolute atomic E-state index is 11.2. The zero-order valence-electron chi connectivity index (χ0n) is 16.6. The van der Waals surface area contributed by atoms with Gasteiger partial charge < -0.3 is 24.7 Å². The van der Waals surface area contributed by atoms with E-state index in [1.165, 1.54) is 0 Å². The number of nitrogens with zero attached hydrogens (tertiary/aromatic N) is 2. The molecule has 1 atom stereocenters. The van der Waals surface area contributed by atoms with Gasteiger partial charge in [-0.1, -0.05) is 41.0 Å². The van der Waals surface area contributed by atoms with E-state index in [-0.39, 0.29) is 12.6 Å². The van der Waals surface area contributed by atoms with Crippen LogP contribution in [0.4, 0.5) is 17.5 Å². The molecule has 0 spiro atoms. The Labute approximate surface area is 177 Å². The summed E-state index contributed by atoms with van der Waals surface area (Å²) in [5.41, 5.74) is 3.33. The molecule has 30 heavy (non-hydrogen) atoms. The van der Waals surface area contributed by atoms with Crippen molar-refractivity contribution < 1.29 is 9.32 Å². The summed E-state index contributed by atoms with van der Waals surface area (Å²) >= 11 is 0. The summed E-state index contributed by atoms with van der Waals surface area (Å²) in [6.45, 7) is 3.80. The number of aliphatic hydroxyl groups is 1. The lowest BCUT2D eigenvalue weighted by Crippen LogP contribution is -2.21. The van der Waals surface area contributed by atoms with Crippen molar-refractivity contribution in [2.24, 2.45) is 0 Å². The number of rotatable bonds is 6. The largest absolute Gasteiger partial charge is 0.440 e. The monoisotopic (exact) mass is 420 g/mol.